The summed E-state index contributed by atoms with van der Waals surface area (Å²) in [6, 6.07) is 3.93. The van der Waals surface area contributed by atoms with Crippen molar-refractivity contribution in [3.05, 3.63) is 35.9 Å². The number of aliphatic hydroxyl groups is 1. The molecule has 1 aliphatic rings. The number of aliphatic hydroxyl groups excluding tert-OH is 1. The third-order valence-electron chi connectivity index (χ3n) is 5.54. The fraction of sp³-hybridized carbons (Fsp3) is 0.500. The lowest BCUT2D eigenvalue weighted by Gasteiger charge is -2.28. The maximum Gasteiger partial charge on any atom is 0.326 e. The Bertz CT molecular complexity index is 894. The summed E-state index contributed by atoms with van der Waals surface area (Å²) in [6.07, 6.45) is 0.331. The molecule has 0 saturated carbocycles. The van der Waals surface area contributed by atoms with Crippen molar-refractivity contribution in [3.63, 3.8) is 0 Å². The highest BCUT2D eigenvalue weighted by molar-refractivity contribution is 5.94. The number of nitrogens with zero attached hydrogens (tertiary/aromatic N) is 1. The molecule has 7 N–H and O–H groups in total. The van der Waals surface area contributed by atoms with Crippen molar-refractivity contribution >= 4 is 29.7 Å². The summed E-state index contributed by atoms with van der Waals surface area (Å²) in [5.41, 5.74) is 6.44. The SMILES string of the molecule is N[C@@H](CCC(=O)O)C(=O)N[C@@H](Cc1ccccc1)C(=O)N[C@@H](CO)C(=O)N1CCC[C@H]1C(=O)O. The summed E-state index contributed by atoms with van der Waals surface area (Å²) < 4.78 is 0. The van der Waals surface area contributed by atoms with E-state index in [0.29, 0.717) is 12.0 Å². The van der Waals surface area contributed by atoms with Gasteiger partial charge in [-0.2, -0.15) is 0 Å². The highest BCUT2D eigenvalue weighted by Crippen LogP contribution is 2.18. The second-order valence-electron chi connectivity index (χ2n) is 8.06. The maximum atomic E-state index is 13.0. The number of aliphatic carboxylic acids is 2. The Kier molecular flexibility index (Phi) is 9.95. The van der Waals surface area contributed by atoms with Crippen LogP contribution in [0, 0.1) is 0 Å². The molecule has 4 atom stereocenters. The van der Waals surface area contributed by atoms with Crippen molar-refractivity contribution < 1.29 is 39.3 Å². The Morgan fingerprint density at radius 1 is 1.03 bits per heavy atom. The molecule has 0 unspecified atom stereocenters. The molecule has 1 heterocycles. The van der Waals surface area contributed by atoms with Gasteiger partial charge >= 0.3 is 11.9 Å². The van der Waals surface area contributed by atoms with E-state index in [1.165, 1.54) is 0 Å². The predicted molar refractivity (Wildman–Crippen MR) is 118 cm³/mol. The van der Waals surface area contributed by atoms with E-state index in [1.807, 2.05) is 0 Å². The number of carboxylic acids is 2. The number of carboxylic acid groups (broad SMARTS) is 2. The van der Waals surface area contributed by atoms with Crippen LogP contribution in [0.1, 0.15) is 31.2 Å². The lowest BCUT2D eigenvalue weighted by atomic mass is 10.0. The number of amides is 3. The standard InChI is InChI=1S/C22H30N4O8/c23-14(8-9-18(28)29)19(30)24-15(11-13-5-2-1-3-6-13)20(31)25-16(12-27)21(32)26-10-4-7-17(26)22(33)34/h1-3,5-6,14-17,27H,4,7-12,23H2,(H,24,30)(H,25,31)(H,28,29)(H,33,34)/t14-,15-,16-,17-/m0/s1. The number of hydrogen-bond acceptors (Lipinski definition) is 7. The molecular weight excluding hydrogens is 448 g/mol. The van der Waals surface area contributed by atoms with Crippen molar-refractivity contribution in [2.24, 2.45) is 5.73 Å². The van der Waals surface area contributed by atoms with Crippen molar-refractivity contribution in [1.82, 2.24) is 15.5 Å². The quantitative estimate of drug-likeness (QED) is 0.206. The van der Waals surface area contributed by atoms with E-state index in [9.17, 15) is 34.2 Å². The van der Waals surface area contributed by atoms with Crippen molar-refractivity contribution in [2.75, 3.05) is 13.2 Å². The first-order valence-electron chi connectivity index (χ1n) is 10.9. The number of nitrogens with one attached hydrogen (secondary N) is 2. The molecule has 186 valence electrons. The molecule has 0 bridgehead atoms. The lowest BCUT2D eigenvalue weighted by molar-refractivity contribution is -0.150. The molecule has 1 aromatic carbocycles. The highest BCUT2D eigenvalue weighted by atomic mass is 16.4. The van der Waals surface area contributed by atoms with Gasteiger partial charge < -0.3 is 36.6 Å². The van der Waals surface area contributed by atoms with Crippen LogP contribution in [-0.4, -0.2) is 87.2 Å². The molecule has 1 saturated heterocycles. The fourth-order valence-electron chi connectivity index (χ4n) is 3.69. The first-order chi connectivity index (χ1) is 16.1. The summed E-state index contributed by atoms with van der Waals surface area (Å²) >= 11 is 0. The predicted octanol–water partition coefficient (Wildman–Crippen LogP) is -1.54. The van der Waals surface area contributed by atoms with Crippen molar-refractivity contribution in [3.8, 4) is 0 Å². The van der Waals surface area contributed by atoms with E-state index in [1.54, 1.807) is 30.3 Å². The number of rotatable bonds is 12. The summed E-state index contributed by atoms with van der Waals surface area (Å²) in [7, 11) is 0. The molecule has 0 aliphatic carbocycles. The molecule has 0 radical (unpaired) electrons. The molecule has 0 aromatic heterocycles. The van der Waals surface area contributed by atoms with Gasteiger partial charge in [0.1, 0.15) is 18.1 Å². The van der Waals surface area contributed by atoms with Gasteiger partial charge in [0, 0.05) is 19.4 Å². The number of nitrogens with two attached hydrogens (primary N) is 1. The Hall–Kier alpha value is -3.51. The van der Waals surface area contributed by atoms with E-state index < -0.39 is 60.4 Å². The number of carbonyl (C=O) groups excluding carboxylic acids is 3. The minimum atomic E-state index is -1.40. The Labute approximate surface area is 196 Å². The van der Waals surface area contributed by atoms with Crippen LogP contribution in [0.2, 0.25) is 0 Å². The summed E-state index contributed by atoms with van der Waals surface area (Å²) in [5.74, 6) is -4.54. The number of likely N-dealkylation sites (tertiary alicyclic amines) is 1. The molecule has 34 heavy (non-hydrogen) atoms. The lowest BCUT2D eigenvalue weighted by Crippen LogP contribution is -2.58. The average Bonchev–Trinajstić information content (AvgIpc) is 3.31. The van der Waals surface area contributed by atoms with Gasteiger partial charge in [-0.1, -0.05) is 30.3 Å². The second-order valence-corrected chi connectivity index (χ2v) is 8.06. The first kappa shape index (κ1) is 26.7. The Balaban J connectivity index is 2.14. The van der Waals surface area contributed by atoms with E-state index in [4.69, 9.17) is 10.8 Å². The second kappa shape index (κ2) is 12.7. The Morgan fingerprint density at radius 2 is 1.68 bits per heavy atom. The van der Waals surface area contributed by atoms with Crippen molar-refractivity contribution in [1.29, 1.82) is 0 Å². The molecule has 1 fully saturated rings. The molecule has 2 rings (SSSR count). The molecule has 1 aromatic rings. The molecule has 1 aliphatic heterocycles. The van der Waals surface area contributed by atoms with Crippen LogP contribution in [0.25, 0.3) is 0 Å². The van der Waals surface area contributed by atoms with E-state index in [0.717, 1.165) is 4.90 Å². The van der Waals surface area contributed by atoms with Crippen LogP contribution in [-0.2, 0) is 30.4 Å². The Morgan fingerprint density at radius 3 is 2.26 bits per heavy atom. The molecule has 12 nitrogen and oxygen atoms in total. The van der Waals surface area contributed by atoms with Crippen LogP contribution in [0.15, 0.2) is 30.3 Å². The van der Waals surface area contributed by atoms with Crippen LogP contribution in [0.3, 0.4) is 0 Å². The maximum absolute atomic E-state index is 13.0. The average molecular weight is 479 g/mol. The van der Waals surface area contributed by atoms with Gasteiger partial charge in [0.05, 0.1) is 12.6 Å². The largest absolute Gasteiger partial charge is 0.481 e. The molecular formula is C22H30N4O8. The molecule has 12 heteroatoms. The zero-order valence-electron chi connectivity index (χ0n) is 18.6. The van der Waals surface area contributed by atoms with Crippen LogP contribution in [0.5, 0.6) is 0 Å². The van der Waals surface area contributed by atoms with Gasteiger partial charge in [0.15, 0.2) is 0 Å². The smallest absolute Gasteiger partial charge is 0.326 e. The zero-order chi connectivity index (χ0) is 25.3. The van der Waals surface area contributed by atoms with Crippen molar-refractivity contribution in [2.45, 2.75) is 56.3 Å². The molecule has 3 amide bonds. The van der Waals surface area contributed by atoms with Crippen LogP contribution < -0.4 is 16.4 Å². The monoisotopic (exact) mass is 478 g/mol. The number of hydrogen-bond donors (Lipinski definition) is 6. The van der Waals surface area contributed by atoms with E-state index >= 15 is 0 Å². The van der Waals surface area contributed by atoms with Gasteiger partial charge in [-0.15, -0.1) is 0 Å². The molecule has 0 spiro atoms. The number of benzene rings is 1. The van der Waals surface area contributed by atoms with Gasteiger partial charge in [-0.25, -0.2) is 4.79 Å². The third-order valence-corrected chi connectivity index (χ3v) is 5.54. The normalized spacial score (nSPS) is 17.9. The van der Waals surface area contributed by atoms with E-state index in [-0.39, 0.29) is 32.2 Å². The van der Waals surface area contributed by atoms with E-state index in [2.05, 4.69) is 10.6 Å². The topological polar surface area (TPSA) is 199 Å². The minimum Gasteiger partial charge on any atom is -0.481 e. The van der Waals surface area contributed by atoms with Gasteiger partial charge in [-0.05, 0) is 24.8 Å². The van der Waals surface area contributed by atoms with Gasteiger partial charge in [-0.3, -0.25) is 19.2 Å². The zero-order valence-corrected chi connectivity index (χ0v) is 18.6. The van der Waals surface area contributed by atoms with Gasteiger partial charge in [0.2, 0.25) is 17.7 Å². The summed E-state index contributed by atoms with van der Waals surface area (Å²) in [6.45, 7) is -0.581. The summed E-state index contributed by atoms with van der Waals surface area (Å²) in [4.78, 5) is 61.6. The first-order valence-corrected chi connectivity index (χ1v) is 10.9. The van der Waals surface area contributed by atoms with Gasteiger partial charge in [0.25, 0.3) is 0 Å². The van der Waals surface area contributed by atoms with Crippen LogP contribution in [0.4, 0.5) is 0 Å². The minimum absolute atomic E-state index is 0.0396. The third kappa shape index (κ3) is 7.52. The van der Waals surface area contributed by atoms with Crippen LogP contribution >= 0.6 is 0 Å². The number of carbonyl (C=O) groups is 5. The fourth-order valence-corrected chi connectivity index (χ4v) is 3.69. The highest BCUT2D eigenvalue weighted by Gasteiger charge is 2.38. The summed E-state index contributed by atoms with van der Waals surface area (Å²) in [5, 5.41) is 32.7.